The summed E-state index contributed by atoms with van der Waals surface area (Å²) in [5.41, 5.74) is 10.2. The van der Waals surface area contributed by atoms with Crippen LogP contribution in [0.3, 0.4) is 0 Å². The molecule has 0 atom stereocenters. The first-order valence-electron chi connectivity index (χ1n) is 6.29. The van der Waals surface area contributed by atoms with Gasteiger partial charge in [-0.1, -0.05) is 0 Å². The lowest BCUT2D eigenvalue weighted by Gasteiger charge is -2.22. The van der Waals surface area contributed by atoms with Gasteiger partial charge in [0.05, 0.1) is 6.20 Å². The van der Waals surface area contributed by atoms with E-state index < -0.39 is 0 Å². The minimum Gasteiger partial charge on any atom is -0.398 e. The number of nitrogen functional groups attached to an aromatic ring is 1. The topological polar surface area (TPSA) is 47.1 Å². The second-order valence-electron chi connectivity index (χ2n) is 4.35. The van der Waals surface area contributed by atoms with E-state index in [9.17, 15) is 0 Å². The van der Waals surface area contributed by atoms with Crippen molar-refractivity contribution in [3.05, 3.63) is 30.6 Å². The molecule has 0 bridgehead atoms. The number of benzene rings is 1. The van der Waals surface area contributed by atoms with Gasteiger partial charge in [-0.15, -0.1) is 0 Å². The van der Waals surface area contributed by atoms with Crippen LogP contribution in [-0.2, 0) is 7.05 Å². The van der Waals surface area contributed by atoms with E-state index in [-0.39, 0.29) is 0 Å². The molecule has 4 nitrogen and oxygen atoms in total. The number of anilines is 2. The maximum Gasteiger partial charge on any atom is 0.0568 e. The highest BCUT2D eigenvalue weighted by Gasteiger charge is 2.08. The van der Waals surface area contributed by atoms with E-state index in [1.807, 2.05) is 25.5 Å². The first kappa shape index (κ1) is 12.5. The molecule has 0 saturated carbocycles. The van der Waals surface area contributed by atoms with Gasteiger partial charge in [-0.3, -0.25) is 4.68 Å². The Morgan fingerprint density at radius 1 is 1.28 bits per heavy atom. The molecular weight excluding hydrogens is 224 g/mol. The van der Waals surface area contributed by atoms with Crippen molar-refractivity contribution in [1.29, 1.82) is 0 Å². The summed E-state index contributed by atoms with van der Waals surface area (Å²) in [6, 6.07) is 6.18. The van der Waals surface area contributed by atoms with Crippen molar-refractivity contribution in [3.8, 4) is 11.1 Å². The zero-order chi connectivity index (χ0) is 13.1. The normalized spacial score (nSPS) is 10.6. The summed E-state index contributed by atoms with van der Waals surface area (Å²) in [4.78, 5) is 2.30. The van der Waals surface area contributed by atoms with Crippen molar-refractivity contribution in [2.24, 2.45) is 7.05 Å². The van der Waals surface area contributed by atoms with Gasteiger partial charge in [0, 0.05) is 48.8 Å². The minimum atomic E-state index is 0.791. The Bertz CT molecular complexity index is 526. The maximum absolute atomic E-state index is 6.06. The van der Waals surface area contributed by atoms with E-state index >= 15 is 0 Å². The number of aryl methyl sites for hydroxylation is 1. The van der Waals surface area contributed by atoms with Gasteiger partial charge in [0.2, 0.25) is 0 Å². The second kappa shape index (κ2) is 5.12. The third-order valence-corrected chi connectivity index (χ3v) is 3.18. The van der Waals surface area contributed by atoms with Crippen molar-refractivity contribution >= 4 is 11.4 Å². The summed E-state index contributed by atoms with van der Waals surface area (Å²) < 4.78 is 1.79. The molecule has 0 saturated heterocycles. The average Bonchev–Trinajstić information content (AvgIpc) is 2.79. The van der Waals surface area contributed by atoms with Crippen LogP contribution in [0.4, 0.5) is 11.4 Å². The fourth-order valence-corrected chi connectivity index (χ4v) is 2.14. The molecule has 2 aromatic rings. The molecule has 0 fully saturated rings. The van der Waals surface area contributed by atoms with Crippen LogP contribution in [0.1, 0.15) is 13.8 Å². The van der Waals surface area contributed by atoms with Gasteiger partial charge in [0.1, 0.15) is 0 Å². The molecule has 0 aliphatic rings. The number of nitrogens with two attached hydrogens (primary N) is 1. The summed E-state index contributed by atoms with van der Waals surface area (Å²) in [5.74, 6) is 0. The zero-order valence-electron chi connectivity index (χ0n) is 11.2. The molecule has 4 heteroatoms. The van der Waals surface area contributed by atoms with Gasteiger partial charge in [-0.25, -0.2) is 0 Å². The largest absolute Gasteiger partial charge is 0.398 e. The molecule has 18 heavy (non-hydrogen) atoms. The third kappa shape index (κ3) is 2.32. The van der Waals surface area contributed by atoms with Crippen LogP contribution >= 0.6 is 0 Å². The predicted molar refractivity (Wildman–Crippen MR) is 76.6 cm³/mol. The molecule has 0 aliphatic heterocycles. The molecule has 0 spiro atoms. The Hall–Kier alpha value is -1.97. The molecule has 1 aromatic carbocycles. The van der Waals surface area contributed by atoms with Gasteiger partial charge >= 0.3 is 0 Å². The Labute approximate surface area is 108 Å². The fourth-order valence-electron chi connectivity index (χ4n) is 2.14. The highest BCUT2D eigenvalue weighted by atomic mass is 15.2. The van der Waals surface area contributed by atoms with Crippen LogP contribution in [0.15, 0.2) is 30.6 Å². The van der Waals surface area contributed by atoms with Crippen molar-refractivity contribution in [1.82, 2.24) is 9.78 Å². The number of nitrogens with zero attached hydrogens (tertiary/aromatic N) is 3. The molecule has 1 heterocycles. The number of hydrogen-bond acceptors (Lipinski definition) is 3. The lowest BCUT2D eigenvalue weighted by Crippen LogP contribution is -2.21. The standard InChI is InChI=1S/C14H20N4/c1-4-18(5-2)12-6-7-14(15)13(8-12)11-9-16-17(3)10-11/h6-10H,4-5,15H2,1-3H3. The van der Waals surface area contributed by atoms with Gasteiger partial charge in [0.25, 0.3) is 0 Å². The van der Waals surface area contributed by atoms with Crippen LogP contribution in [0.2, 0.25) is 0 Å². The molecule has 0 radical (unpaired) electrons. The Balaban J connectivity index is 2.44. The second-order valence-corrected chi connectivity index (χ2v) is 4.35. The molecule has 0 aliphatic carbocycles. The molecule has 96 valence electrons. The van der Waals surface area contributed by atoms with Crippen LogP contribution in [0, 0.1) is 0 Å². The van der Waals surface area contributed by atoms with Crippen molar-refractivity contribution in [3.63, 3.8) is 0 Å². The van der Waals surface area contributed by atoms with Crippen LogP contribution < -0.4 is 10.6 Å². The van der Waals surface area contributed by atoms with Gasteiger partial charge in [-0.2, -0.15) is 5.10 Å². The van der Waals surface area contributed by atoms with E-state index in [2.05, 4.69) is 36.0 Å². The quantitative estimate of drug-likeness (QED) is 0.841. The fraction of sp³-hybridized carbons (Fsp3) is 0.357. The summed E-state index contributed by atoms with van der Waals surface area (Å²) >= 11 is 0. The lowest BCUT2D eigenvalue weighted by molar-refractivity contribution is 0.768. The van der Waals surface area contributed by atoms with Crippen LogP contribution in [0.5, 0.6) is 0 Å². The maximum atomic E-state index is 6.06. The Morgan fingerprint density at radius 3 is 2.56 bits per heavy atom. The molecule has 2 rings (SSSR count). The summed E-state index contributed by atoms with van der Waals surface area (Å²) in [6.07, 6.45) is 3.83. The molecule has 1 aromatic heterocycles. The monoisotopic (exact) mass is 244 g/mol. The van der Waals surface area contributed by atoms with Crippen molar-refractivity contribution in [2.75, 3.05) is 23.7 Å². The van der Waals surface area contributed by atoms with Gasteiger partial charge in [-0.05, 0) is 32.0 Å². The number of hydrogen-bond donors (Lipinski definition) is 1. The van der Waals surface area contributed by atoms with E-state index in [1.165, 1.54) is 5.69 Å². The van der Waals surface area contributed by atoms with Crippen LogP contribution in [-0.4, -0.2) is 22.9 Å². The first-order valence-corrected chi connectivity index (χ1v) is 6.29. The van der Waals surface area contributed by atoms with E-state index in [0.29, 0.717) is 0 Å². The molecule has 0 amide bonds. The van der Waals surface area contributed by atoms with E-state index in [1.54, 1.807) is 4.68 Å². The lowest BCUT2D eigenvalue weighted by atomic mass is 10.1. The smallest absolute Gasteiger partial charge is 0.0568 e. The Morgan fingerprint density at radius 2 is 2.00 bits per heavy atom. The van der Waals surface area contributed by atoms with Crippen molar-refractivity contribution < 1.29 is 0 Å². The SMILES string of the molecule is CCN(CC)c1ccc(N)c(-c2cnn(C)c2)c1. The average molecular weight is 244 g/mol. The number of aromatic nitrogens is 2. The van der Waals surface area contributed by atoms with E-state index in [4.69, 9.17) is 5.73 Å². The predicted octanol–water partition coefficient (Wildman–Crippen LogP) is 2.52. The molecule has 2 N–H and O–H groups in total. The van der Waals surface area contributed by atoms with E-state index in [0.717, 1.165) is 29.9 Å². The minimum absolute atomic E-state index is 0.791. The summed E-state index contributed by atoms with van der Waals surface area (Å²) in [7, 11) is 1.91. The summed E-state index contributed by atoms with van der Waals surface area (Å²) in [6.45, 7) is 6.30. The van der Waals surface area contributed by atoms with Crippen LogP contribution in [0.25, 0.3) is 11.1 Å². The molecule has 0 unspecified atom stereocenters. The first-order chi connectivity index (χ1) is 8.65. The highest BCUT2D eigenvalue weighted by molar-refractivity contribution is 5.79. The van der Waals surface area contributed by atoms with Gasteiger partial charge in [0.15, 0.2) is 0 Å². The van der Waals surface area contributed by atoms with Gasteiger partial charge < -0.3 is 10.6 Å². The number of rotatable bonds is 4. The Kier molecular flexibility index (Phi) is 3.55. The van der Waals surface area contributed by atoms with Crippen molar-refractivity contribution in [2.45, 2.75) is 13.8 Å². The summed E-state index contributed by atoms with van der Waals surface area (Å²) in [5, 5.41) is 4.20. The highest BCUT2D eigenvalue weighted by Crippen LogP contribution is 2.29. The zero-order valence-corrected chi connectivity index (χ0v) is 11.2. The third-order valence-electron chi connectivity index (χ3n) is 3.18. The molecular formula is C14H20N4.